The standard InChI is InChI=1S/C10H11NO2/c12-10-9(11-7-13-10)6-8-4-2-1-3-5-8/h1-5,9,11H,6-7H2. The molecule has 0 radical (unpaired) electrons. The minimum atomic E-state index is -0.164. The highest BCUT2D eigenvalue weighted by Gasteiger charge is 2.25. The fourth-order valence-corrected chi connectivity index (χ4v) is 1.40. The van der Waals surface area contributed by atoms with Crippen molar-refractivity contribution in [1.82, 2.24) is 5.32 Å². The van der Waals surface area contributed by atoms with Gasteiger partial charge in [0.1, 0.15) is 12.8 Å². The van der Waals surface area contributed by atoms with Crippen LogP contribution >= 0.6 is 0 Å². The maximum Gasteiger partial charge on any atom is 0.324 e. The van der Waals surface area contributed by atoms with Crippen molar-refractivity contribution in [1.29, 1.82) is 0 Å². The first-order chi connectivity index (χ1) is 6.36. The number of hydrogen-bond acceptors (Lipinski definition) is 3. The van der Waals surface area contributed by atoms with Gasteiger partial charge in [0.2, 0.25) is 0 Å². The second kappa shape index (κ2) is 3.58. The van der Waals surface area contributed by atoms with Crippen LogP contribution in [0.3, 0.4) is 0 Å². The molecule has 1 aliphatic rings. The molecular formula is C10H11NO2. The Balaban J connectivity index is 2.02. The Kier molecular flexibility index (Phi) is 2.27. The molecule has 1 atom stereocenters. The summed E-state index contributed by atoms with van der Waals surface area (Å²) < 4.78 is 4.79. The van der Waals surface area contributed by atoms with Gasteiger partial charge in [-0.3, -0.25) is 10.1 Å². The van der Waals surface area contributed by atoms with E-state index in [0.717, 1.165) is 5.56 Å². The van der Waals surface area contributed by atoms with E-state index in [1.165, 1.54) is 0 Å². The van der Waals surface area contributed by atoms with Crippen LogP contribution in [0.2, 0.25) is 0 Å². The normalized spacial score (nSPS) is 21.5. The molecule has 1 aliphatic heterocycles. The maximum absolute atomic E-state index is 11.1. The van der Waals surface area contributed by atoms with Gasteiger partial charge in [-0.15, -0.1) is 0 Å². The summed E-state index contributed by atoms with van der Waals surface area (Å²) in [6.45, 7) is 0.344. The number of carbonyl (C=O) groups is 1. The van der Waals surface area contributed by atoms with Crippen molar-refractivity contribution in [3.05, 3.63) is 35.9 Å². The summed E-state index contributed by atoms with van der Waals surface area (Å²) in [5.74, 6) is -0.149. The molecule has 1 unspecified atom stereocenters. The topological polar surface area (TPSA) is 38.3 Å². The lowest BCUT2D eigenvalue weighted by Crippen LogP contribution is -2.29. The van der Waals surface area contributed by atoms with E-state index in [0.29, 0.717) is 13.2 Å². The second-order valence-electron chi connectivity index (χ2n) is 3.05. The fraction of sp³-hybridized carbons (Fsp3) is 0.300. The lowest BCUT2D eigenvalue weighted by Gasteiger charge is -2.04. The zero-order valence-corrected chi connectivity index (χ0v) is 7.19. The molecule has 1 heterocycles. The molecule has 13 heavy (non-hydrogen) atoms. The van der Waals surface area contributed by atoms with Crippen molar-refractivity contribution in [2.45, 2.75) is 12.5 Å². The fourth-order valence-electron chi connectivity index (χ4n) is 1.40. The summed E-state index contributed by atoms with van der Waals surface area (Å²) in [4.78, 5) is 11.1. The summed E-state index contributed by atoms with van der Waals surface area (Å²) in [5, 5.41) is 2.98. The summed E-state index contributed by atoms with van der Waals surface area (Å²) in [6.07, 6.45) is 0.708. The first-order valence-corrected chi connectivity index (χ1v) is 4.30. The molecule has 0 amide bonds. The average molecular weight is 177 g/mol. The molecule has 0 saturated carbocycles. The Hall–Kier alpha value is -1.35. The summed E-state index contributed by atoms with van der Waals surface area (Å²) in [5.41, 5.74) is 1.15. The van der Waals surface area contributed by atoms with Gasteiger partial charge in [-0.05, 0) is 12.0 Å². The summed E-state index contributed by atoms with van der Waals surface area (Å²) in [7, 11) is 0. The van der Waals surface area contributed by atoms with E-state index in [9.17, 15) is 4.79 Å². The van der Waals surface area contributed by atoms with Crippen molar-refractivity contribution in [2.75, 3.05) is 6.73 Å². The Morgan fingerprint density at radius 2 is 2.15 bits per heavy atom. The van der Waals surface area contributed by atoms with Crippen LogP contribution in [0.25, 0.3) is 0 Å². The van der Waals surface area contributed by atoms with Crippen molar-refractivity contribution >= 4 is 5.97 Å². The van der Waals surface area contributed by atoms with Crippen LogP contribution in [-0.2, 0) is 16.0 Å². The molecule has 0 bridgehead atoms. The van der Waals surface area contributed by atoms with E-state index in [2.05, 4.69) is 5.32 Å². The van der Waals surface area contributed by atoms with E-state index in [-0.39, 0.29) is 12.0 Å². The molecule has 1 saturated heterocycles. The largest absolute Gasteiger partial charge is 0.449 e. The van der Waals surface area contributed by atoms with Gasteiger partial charge in [-0.1, -0.05) is 30.3 Å². The molecule has 1 aromatic rings. The van der Waals surface area contributed by atoms with Gasteiger partial charge in [0.05, 0.1) is 0 Å². The number of hydrogen-bond donors (Lipinski definition) is 1. The van der Waals surface area contributed by atoms with Gasteiger partial charge in [0.15, 0.2) is 0 Å². The molecule has 1 fully saturated rings. The number of nitrogens with one attached hydrogen (secondary N) is 1. The van der Waals surface area contributed by atoms with Crippen LogP contribution in [0, 0.1) is 0 Å². The minimum absolute atomic E-state index is 0.149. The van der Waals surface area contributed by atoms with Gasteiger partial charge in [0, 0.05) is 0 Å². The SMILES string of the molecule is O=C1OCNC1Cc1ccccc1. The molecule has 0 spiro atoms. The molecule has 2 rings (SSSR count). The summed E-state index contributed by atoms with van der Waals surface area (Å²) in [6, 6.07) is 9.75. The number of benzene rings is 1. The molecule has 68 valence electrons. The predicted molar refractivity (Wildman–Crippen MR) is 48.0 cm³/mol. The third-order valence-corrected chi connectivity index (χ3v) is 2.11. The zero-order valence-electron chi connectivity index (χ0n) is 7.19. The lowest BCUT2D eigenvalue weighted by molar-refractivity contribution is -0.139. The third-order valence-electron chi connectivity index (χ3n) is 2.11. The minimum Gasteiger partial charge on any atom is -0.449 e. The van der Waals surface area contributed by atoms with Gasteiger partial charge in [0.25, 0.3) is 0 Å². The van der Waals surface area contributed by atoms with Crippen molar-refractivity contribution < 1.29 is 9.53 Å². The number of ether oxygens (including phenoxy) is 1. The van der Waals surface area contributed by atoms with Crippen LogP contribution in [0.5, 0.6) is 0 Å². The molecule has 3 nitrogen and oxygen atoms in total. The first-order valence-electron chi connectivity index (χ1n) is 4.30. The van der Waals surface area contributed by atoms with Crippen LogP contribution in [0.15, 0.2) is 30.3 Å². The van der Waals surface area contributed by atoms with Crippen LogP contribution in [0.4, 0.5) is 0 Å². The highest BCUT2D eigenvalue weighted by Crippen LogP contribution is 2.07. The maximum atomic E-state index is 11.1. The van der Waals surface area contributed by atoms with E-state index in [1.54, 1.807) is 0 Å². The molecule has 0 aliphatic carbocycles. The van der Waals surface area contributed by atoms with E-state index < -0.39 is 0 Å². The van der Waals surface area contributed by atoms with Crippen LogP contribution in [0.1, 0.15) is 5.56 Å². The Labute approximate surface area is 76.7 Å². The van der Waals surface area contributed by atoms with Gasteiger partial charge in [-0.25, -0.2) is 0 Å². The van der Waals surface area contributed by atoms with Gasteiger partial charge < -0.3 is 4.74 Å². The first kappa shape index (κ1) is 8.26. The average Bonchev–Trinajstić information content (AvgIpc) is 2.54. The zero-order chi connectivity index (χ0) is 9.10. The number of carbonyl (C=O) groups excluding carboxylic acids is 1. The Morgan fingerprint density at radius 3 is 2.77 bits per heavy atom. The van der Waals surface area contributed by atoms with Crippen LogP contribution in [-0.4, -0.2) is 18.7 Å². The molecule has 1 aromatic carbocycles. The van der Waals surface area contributed by atoms with E-state index in [4.69, 9.17) is 4.74 Å². The Bertz CT molecular complexity index is 297. The molecule has 1 N–H and O–H groups in total. The highest BCUT2D eigenvalue weighted by molar-refractivity contribution is 5.77. The molecule has 0 aromatic heterocycles. The lowest BCUT2D eigenvalue weighted by atomic mass is 10.1. The summed E-state index contributed by atoms with van der Waals surface area (Å²) >= 11 is 0. The van der Waals surface area contributed by atoms with Crippen molar-refractivity contribution in [3.8, 4) is 0 Å². The monoisotopic (exact) mass is 177 g/mol. The number of cyclic esters (lactones) is 1. The second-order valence-corrected chi connectivity index (χ2v) is 3.05. The predicted octanol–water partition coefficient (Wildman–Crippen LogP) is 0.702. The molecular weight excluding hydrogens is 166 g/mol. The van der Waals surface area contributed by atoms with Crippen molar-refractivity contribution in [3.63, 3.8) is 0 Å². The Morgan fingerprint density at radius 1 is 1.38 bits per heavy atom. The van der Waals surface area contributed by atoms with Gasteiger partial charge >= 0.3 is 5.97 Å². The van der Waals surface area contributed by atoms with Crippen molar-refractivity contribution in [2.24, 2.45) is 0 Å². The molecule has 3 heteroatoms. The van der Waals surface area contributed by atoms with E-state index in [1.807, 2.05) is 30.3 Å². The van der Waals surface area contributed by atoms with Crippen LogP contribution < -0.4 is 5.32 Å². The van der Waals surface area contributed by atoms with E-state index >= 15 is 0 Å². The quantitative estimate of drug-likeness (QED) is 0.676. The van der Waals surface area contributed by atoms with Gasteiger partial charge in [-0.2, -0.15) is 0 Å². The third kappa shape index (κ3) is 1.87. The number of esters is 1. The smallest absolute Gasteiger partial charge is 0.324 e. The highest BCUT2D eigenvalue weighted by atomic mass is 16.6. The number of rotatable bonds is 2.